The summed E-state index contributed by atoms with van der Waals surface area (Å²) in [4.78, 5) is 30.3. The number of methoxy groups -OCH3 is 1. The van der Waals surface area contributed by atoms with Crippen LogP contribution in [0.15, 0.2) is 42.6 Å². The molecule has 1 aromatic carbocycles. The van der Waals surface area contributed by atoms with Crippen molar-refractivity contribution in [2.45, 2.75) is 26.7 Å². The highest BCUT2D eigenvalue weighted by Crippen LogP contribution is 2.23. The van der Waals surface area contributed by atoms with Crippen LogP contribution in [0.5, 0.6) is 0 Å². The number of pyridine rings is 1. The molecular weight excluding hydrogens is 394 g/mol. The third-order valence-electron chi connectivity index (χ3n) is 5.08. The lowest BCUT2D eigenvalue weighted by Crippen LogP contribution is -2.17. The van der Waals surface area contributed by atoms with Gasteiger partial charge in [0.05, 0.1) is 24.2 Å². The summed E-state index contributed by atoms with van der Waals surface area (Å²) < 4.78 is 6.56. The molecule has 0 unspecified atom stereocenters. The molecule has 0 aliphatic heterocycles. The largest absolute Gasteiger partial charge is 0.469 e. The molecule has 2 heterocycles. The number of aromatic nitrogens is 3. The number of aryl methyl sites for hydroxylation is 1. The van der Waals surface area contributed by atoms with Crippen molar-refractivity contribution in [2.75, 3.05) is 31.4 Å². The smallest absolute Gasteiger partial charge is 0.305 e. The normalized spacial score (nSPS) is 10.6. The first-order chi connectivity index (χ1) is 14.8. The van der Waals surface area contributed by atoms with Gasteiger partial charge in [-0.15, -0.1) is 0 Å². The summed E-state index contributed by atoms with van der Waals surface area (Å²) in [6.45, 7) is 3.90. The molecule has 8 heteroatoms. The molecule has 31 heavy (non-hydrogen) atoms. The van der Waals surface area contributed by atoms with Crippen LogP contribution in [0.3, 0.4) is 0 Å². The van der Waals surface area contributed by atoms with Crippen molar-refractivity contribution in [2.24, 2.45) is 0 Å². The molecule has 1 N–H and O–H groups in total. The number of anilines is 2. The molecule has 0 saturated carbocycles. The Morgan fingerprint density at radius 2 is 1.84 bits per heavy atom. The van der Waals surface area contributed by atoms with E-state index in [1.165, 1.54) is 7.11 Å². The highest BCUT2D eigenvalue weighted by molar-refractivity contribution is 6.05. The lowest BCUT2D eigenvalue weighted by Gasteiger charge is -2.16. The van der Waals surface area contributed by atoms with Gasteiger partial charge in [-0.3, -0.25) is 9.59 Å². The Kier molecular flexibility index (Phi) is 6.69. The number of carbonyl (C=O) groups excluding carboxylic acids is 2. The number of rotatable bonds is 7. The molecule has 0 atom stereocenters. The predicted octanol–water partition coefficient (Wildman–Crippen LogP) is 3.31. The fourth-order valence-corrected chi connectivity index (χ4v) is 3.42. The van der Waals surface area contributed by atoms with Crippen LogP contribution >= 0.6 is 0 Å². The van der Waals surface area contributed by atoms with Gasteiger partial charge >= 0.3 is 5.97 Å². The number of nitrogens with one attached hydrogen (secondary N) is 1. The summed E-state index contributed by atoms with van der Waals surface area (Å²) in [6.07, 6.45) is 2.57. The minimum atomic E-state index is -0.243. The molecule has 8 nitrogen and oxygen atoms in total. The lowest BCUT2D eigenvalue weighted by atomic mass is 10.1. The fourth-order valence-electron chi connectivity index (χ4n) is 3.42. The van der Waals surface area contributed by atoms with E-state index in [1.807, 2.05) is 55.7 Å². The third kappa shape index (κ3) is 4.91. The Balaban J connectivity index is 1.78. The highest BCUT2D eigenvalue weighted by atomic mass is 16.5. The molecule has 0 aliphatic carbocycles. The summed E-state index contributed by atoms with van der Waals surface area (Å²) >= 11 is 0. The Hall–Kier alpha value is -3.68. The fraction of sp³-hybridized carbons (Fsp3) is 0.304. The molecule has 0 aliphatic rings. The Labute approximate surface area is 181 Å². The van der Waals surface area contributed by atoms with Gasteiger partial charge in [0.2, 0.25) is 0 Å². The van der Waals surface area contributed by atoms with E-state index in [0.29, 0.717) is 29.9 Å². The number of nitrogens with zero attached hydrogens (tertiary/aromatic N) is 4. The van der Waals surface area contributed by atoms with Crippen LogP contribution in [0.25, 0.3) is 5.69 Å². The Morgan fingerprint density at radius 3 is 2.48 bits per heavy atom. The first-order valence-electron chi connectivity index (χ1n) is 9.98. The van der Waals surface area contributed by atoms with E-state index in [-0.39, 0.29) is 11.9 Å². The van der Waals surface area contributed by atoms with Crippen molar-refractivity contribution in [1.82, 2.24) is 14.8 Å². The summed E-state index contributed by atoms with van der Waals surface area (Å²) in [6, 6.07) is 10.8. The highest BCUT2D eigenvalue weighted by Gasteiger charge is 2.15. The minimum Gasteiger partial charge on any atom is -0.469 e. The molecule has 0 radical (unpaired) electrons. The van der Waals surface area contributed by atoms with Gasteiger partial charge in [-0.2, -0.15) is 5.10 Å². The second-order valence-corrected chi connectivity index (χ2v) is 7.41. The maximum Gasteiger partial charge on any atom is 0.305 e. The van der Waals surface area contributed by atoms with Crippen molar-refractivity contribution < 1.29 is 14.3 Å². The van der Waals surface area contributed by atoms with Crippen molar-refractivity contribution in [1.29, 1.82) is 0 Å². The van der Waals surface area contributed by atoms with Gasteiger partial charge in [0.25, 0.3) is 5.91 Å². The second kappa shape index (κ2) is 9.42. The number of hydrogen-bond donors (Lipinski definition) is 1. The van der Waals surface area contributed by atoms with Crippen LogP contribution in [-0.4, -0.2) is 47.8 Å². The van der Waals surface area contributed by atoms with Crippen LogP contribution in [0.4, 0.5) is 11.5 Å². The van der Waals surface area contributed by atoms with E-state index in [2.05, 4.69) is 15.4 Å². The molecule has 0 fully saturated rings. The van der Waals surface area contributed by atoms with Crippen LogP contribution in [0.1, 0.15) is 33.7 Å². The summed E-state index contributed by atoms with van der Waals surface area (Å²) in [5.41, 5.74) is 4.89. The number of amides is 1. The van der Waals surface area contributed by atoms with Crippen molar-refractivity contribution >= 4 is 23.4 Å². The number of carbonyl (C=O) groups is 2. The van der Waals surface area contributed by atoms with Gasteiger partial charge in [-0.05, 0) is 62.2 Å². The molecule has 0 bridgehead atoms. The third-order valence-corrected chi connectivity index (χ3v) is 5.08. The zero-order valence-corrected chi connectivity index (χ0v) is 18.5. The summed E-state index contributed by atoms with van der Waals surface area (Å²) in [5.74, 6) is 0.234. The SMILES string of the molecule is COC(=O)CCc1c(C)nn(-c2ccc(C(=O)Nc3cccnc3N(C)C)cc2)c1C. The van der Waals surface area contributed by atoms with Crippen molar-refractivity contribution in [3.8, 4) is 5.69 Å². The molecule has 3 rings (SSSR count). The number of benzene rings is 1. The summed E-state index contributed by atoms with van der Waals surface area (Å²) in [5, 5.41) is 7.52. The van der Waals surface area contributed by atoms with Gasteiger partial charge in [0, 0.05) is 38.0 Å². The van der Waals surface area contributed by atoms with E-state index in [9.17, 15) is 9.59 Å². The van der Waals surface area contributed by atoms with Crippen molar-refractivity contribution in [3.05, 3.63) is 65.1 Å². The van der Waals surface area contributed by atoms with Gasteiger partial charge < -0.3 is 15.0 Å². The van der Waals surface area contributed by atoms with Gasteiger partial charge in [-0.25, -0.2) is 9.67 Å². The first kappa shape index (κ1) is 22.0. The monoisotopic (exact) mass is 421 g/mol. The molecule has 2 aromatic heterocycles. The number of ether oxygens (including phenoxy) is 1. The molecule has 3 aromatic rings. The maximum absolute atomic E-state index is 12.7. The first-order valence-corrected chi connectivity index (χ1v) is 9.98. The zero-order chi connectivity index (χ0) is 22.5. The molecule has 0 saturated heterocycles. The van der Waals surface area contributed by atoms with Gasteiger partial charge in [0.15, 0.2) is 5.82 Å². The van der Waals surface area contributed by atoms with E-state index < -0.39 is 0 Å². The minimum absolute atomic E-state index is 0.213. The zero-order valence-electron chi connectivity index (χ0n) is 18.5. The average Bonchev–Trinajstić information content (AvgIpc) is 3.05. The average molecular weight is 422 g/mol. The van der Waals surface area contributed by atoms with E-state index in [4.69, 9.17) is 4.74 Å². The van der Waals surface area contributed by atoms with Gasteiger partial charge in [-0.1, -0.05) is 0 Å². The van der Waals surface area contributed by atoms with Crippen LogP contribution < -0.4 is 10.2 Å². The predicted molar refractivity (Wildman–Crippen MR) is 120 cm³/mol. The second-order valence-electron chi connectivity index (χ2n) is 7.41. The molecule has 1 amide bonds. The molecule has 162 valence electrons. The maximum atomic E-state index is 12.7. The lowest BCUT2D eigenvalue weighted by molar-refractivity contribution is -0.140. The summed E-state index contributed by atoms with van der Waals surface area (Å²) in [7, 11) is 5.14. The Bertz CT molecular complexity index is 1090. The van der Waals surface area contributed by atoms with E-state index in [0.717, 1.165) is 22.6 Å². The van der Waals surface area contributed by atoms with Gasteiger partial charge in [0.1, 0.15) is 0 Å². The Morgan fingerprint density at radius 1 is 1.13 bits per heavy atom. The van der Waals surface area contributed by atoms with Crippen LogP contribution in [-0.2, 0) is 16.0 Å². The van der Waals surface area contributed by atoms with Crippen LogP contribution in [0, 0.1) is 13.8 Å². The topological polar surface area (TPSA) is 89.3 Å². The molecule has 0 spiro atoms. The van der Waals surface area contributed by atoms with Crippen LogP contribution in [0.2, 0.25) is 0 Å². The number of hydrogen-bond acceptors (Lipinski definition) is 6. The number of esters is 1. The standard InChI is InChI=1S/C23H27N5O3/c1-15-19(12-13-21(29)31-5)16(2)28(26-15)18-10-8-17(9-11-18)23(30)25-20-7-6-14-24-22(20)27(3)4/h6-11,14H,12-13H2,1-5H3,(H,25,30). The quantitative estimate of drug-likeness (QED) is 0.589. The van der Waals surface area contributed by atoms with E-state index in [1.54, 1.807) is 24.4 Å². The van der Waals surface area contributed by atoms with E-state index >= 15 is 0 Å². The van der Waals surface area contributed by atoms with Crippen molar-refractivity contribution in [3.63, 3.8) is 0 Å². The molecular formula is C23H27N5O3.